The van der Waals surface area contributed by atoms with Gasteiger partial charge in [0.25, 0.3) is 5.69 Å². The molecule has 6 heteroatoms. The second-order valence-electron chi connectivity index (χ2n) is 2.54. The van der Waals surface area contributed by atoms with Crippen molar-refractivity contribution >= 4 is 17.3 Å². The number of nitro groups is 1. The molecule has 0 aromatic heterocycles. The van der Waals surface area contributed by atoms with E-state index in [0.717, 1.165) is 0 Å². The molecule has 76 valence electrons. The molecular formula is C8H9ClN2O3. The van der Waals surface area contributed by atoms with E-state index in [9.17, 15) is 10.1 Å². The van der Waals surface area contributed by atoms with Crippen LogP contribution in [0.15, 0.2) is 12.1 Å². The molecule has 5 nitrogen and oxygen atoms in total. The summed E-state index contributed by atoms with van der Waals surface area (Å²) in [7, 11) is 1.46. The summed E-state index contributed by atoms with van der Waals surface area (Å²) < 4.78 is 4.96. The van der Waals surface area contributed by atoms with E-state index in [0.29, 0.717) is 11.3 Å². The van der Waals surface area contributed by atoms with Crippen LogP contribution in [-0.2, 0) is 6.54 Å². The summed E-state index contributed by atoms with van der Waals surface area (Å²) in [6, 6.07) is 2.77. The molecule has 1 rings (SSSR count). The summed E-state index contributed by atoms with van der Waals surface area (Å²) in [6.45, 7) is 0.101. The number of halogens is 1. The Kier molecular flexibility index (Phi) is 3.27. The lowest BCUT2D eigenvalue weighted by Crippen LogP contribution is -2.02. The zero-order chi connectivity index (χ0) is 10.7. The Morgan fingerprint density at radius 2 is 2.29 bits per heavy atom. The lowest BCUT2D eigenvalue weighted by atomic mass is 10.2. The molecule has 0 saturated heterocycles. The molecule has 0 fully saturated rings. The van der Waals surface area contributed by atoms with Crippen LogP contribution in [-0.4, -0.2) is 12.0 Å². The van der Waals surface area contributed by atoms with E-state index in [-0.39, 0.29) is 17.3 Å². The molecule has 0 bridgehead atoms. The summed E-state index contributed by atoms with van der Waals surface area (Å²) in [5.41, 5.74) is 5.70. The predicted molar refractivity (Wildman–Crippen MR) is 52.5 cm³/mol. The predicted octanol–water partition coefficient (Wildman–Crippen LogP) is 1.72. The average molecular weight is 217 g/mol. The van der Waals surface area contributed by atoms with Crippen molar-refractivity contribution in [2.24, 2.45) is 5.73 Å². The van der Waals surface area contributed by atoms with Gasteiger partial charge >= 0.3 is 0 Å². The van der Waals surface area contributed by atoms with Crippen LogP contribution in [0.2, 0.25) is 5.02 Å². The molecule has 0 radical (unpaired) electrons. The second-order valence-corrected chi connectivity index (χ2v) is 2.92. The number of hydrogen-bond donors (Lipinski definition) is 1. The topological polar surface area (TPSA) is 78.4 Å². The van der Waals surface area contributed by atoms with E-state index in [2.05, 4.69) is 0 Å². The Labute approximate surface area is 85.6 Å². The van der Waals surface area contributed by atoms with Gasteiger partial charge in [0, 0.05) is 18.2 Å². The molecule has 1 aromatic carbocycles. The summed E-state index contributed by atoms with van der Waals surface area (Å²) in [6.07, 6.45) is 0. The molecule has 0 amide bonds. The van der Waals surface area contributed by atoms with Gasteiger partial charge in [-0.3, -0.25) is 10.1 Å². The summed E-state index contributed by atoms with van der Waals surface area (Å²) in [4.78, 5) is 9.97. The monoisotopic (exact) mass is 216 g/mol. The minimum atomic E-state index is -0.555. The molecule has 0 atom stereocenters. The molecule has 14 heavy (non-hydrogen) atoms. The van der Waals surface area contributed by atoms with Gasteiger partial charge in [0.15, 0.2) is 0 Å². The third-order valence-electron chi connectivity index (χ3n) is 1.80. The lowest BCUT2D eigenvalue weighted by molar-refractivity contribution is -0.384. The SMILES string of the molecule is COc1ccc([N+](=O)[O-])c(Cl)c1CN. The maximum atomic E-state index is 10.5. The highest BCUT2D eigenvalue weighted by atomic mass is 35.5. The van der Waals surface area contributed by atoms with Crippen LogP contribution in [0.25, 0.3) is 0 Å². The maximum Gasteiger partial charge on any atom is 0.288 e. The van der Waals surface area contributed by atoms with Crippen LogP contribution in [0.1, 0.15) is 5.56 Å². The summed E-state index contributed by atoms with van der Waals surface area (Å²) >= 11 is 5.79. The van der Waals surface area contributed by atoms with E-state index < -0.39 is 4.92 Å². The lowest BCUT2D eigenvalue weighted by Gasteiger charge is -2.07. The van der Waals surface area contributed by atoms with Crippen molar-refractivity contribution in [3.8, 4) is 5.75 Å². The standard InChI is InChI=1S/C8H9ClN2O3/c1-14-7-3-2-6(11(12)13)8(9)5(7)4-10/h2-3H,4,10H2,1H3. The average Bonchev–Trinajstić information content (AvgIpc) is 2.16. The number of methoxy groups -OCH3 is 1. The zero-order valence-electron chi connectivity index (χ0n) is 7.49. The zero-order valence-corrected chi connectivity index (χ0v) is 8.25. The van der Waals surface area contributed by atoms with Gasteiger partial charge in [-0.2, -0.15) is 0 Å². The fourth-order valence-corrected chi connectivity index (χ4v) is 1.42. The van der Waals surface area contributed by atoms with Crippen molar-refractivity contribution in [2.45, 2.75) is 6.54 Å². The molecule has 0 spiro atoms. The Hall–Kier alpha value is -1.33. The molecule has 2 N–H and O–H groups in total. The van der Waals surface area contributed by atoms with Crippen LogP contribution in [0.5, 0.6) is 5.75 Å². The molecule has 0 aliphatic carbocycles. The van der Waals surface area contributed by atoms with Gasteiger partial charge in [-0.1, -0.05) is 11.6 Å². The van der Waals surface area contributed by atoms with Gasteiger partial charge in [-0.05, 0) is 6.07 Å². The Balaban J connectivity index is 3.34. The number of benzene rings is 1. The smallest absolute Gasteiger partial charge is 0.288 e. The van der Waals surface area contributed by atoms with Crippen molar-refractivity contribution < 1.29 is 9.66 Å². The van der Waals surface area contributed by atoms with E-state index in [4.69, 9.17) is 22.1 Å². The number of nitro benzene ring substituents is 1. The van der Waals surface area contributed by atoms with Crippen molar-refractivity contribution in [1.82, 2.24) is 0 Å². The maximum absolute atomic E-state index is 10.5. The normalized spacial score (nSPS) is 9.93. The third-order valence-corrected chi connectivity index (χ3v) is 2.22. The van der Waals surface area contributed by atoms with Crippen LogP contribution < -0.4 is 10.5 Å². The molecule has 0 saturated carbocycles. The highest BCUT2D eigenvalue weighted by Gasteiger charge is 2.18. The van der Waals surface area contributed by atoms with Gasteiger partial charge in [0.1, 0.15) is 10.8 Å². The fraction of sp³-hybridized carbons (Fsp3) is 0.250. The van der Waals surface area contributed by atoms with Gasteiger partial charge in [0.2, 0.25) is 0 Å². The first-order valence-electron chi connectivity index (χ1n) is 3.81. The molecule has 1 aromatic rings. The van der Waals surface area contributed by atoms with E-state index >= 15 is 0 Å². The number of nitrogens with two attached hydrogens (primary N) is 1. The van der Waals surface area contributed by atoms with E-state index in [1.807, 2.05) is 0 Å². The Bertz CT molecular complexity index is 368. The number of hydrogen-bond acceptors (Lipinski definition) is 4. The highest BCUT2D eigenvalue weighted by Crippen LogP contribution is 2.33. The van der Waals surface area contributed by atoms with Crippen LogP contribution in [0.4, 0.5) is 5.69 Å². The minimum absolute atomic E-state index is 0.0388. The van der Waals surface area contributed by atoms with Gasteiger partial charge in [-0.25, -0.2) is 0 Å². The third kappa shape index (κ3) is 1.78. The molecular weight excluding hydrogens is 208 g/mol. The summed E-state index contributed by atoms with van der Waals surface area (Å²) in [5, 5.41) is 10.6. The quantitative estimate of drug-likeness (QED) is 0.616. The van der Waals surface area contributed by atoms with Crippen molar-refractivity contribution in [2.75, 3.05) is 7.11 Å². The molecule has 0 heterocycles. The number of nitrogens with zero attached hydrogens (tertiary/aromatic N) is 1. The Morgan fingerprint density at radius 1 is 1.64 bits per heavy atom. The van der Waals surface area contributed by atoms with Crippen molar-refractivity contribution in [1.29, 1.82) is 0 Å². The highest BCUT2D eigenvalue weighted by molar-refractivity contribution is 6.33. The van der Waals surface area contributed by atoms with Crippen molar-refractivity contribution in [3.05, 3.63) is 32.8 Å². The first-order valence-corrected chi connectivity index (χ1v) is 4.19. The molecule has 0 aliphatic rings. The van der Waals surface area contributed by atoms with E-state index in [1.165, 1.54) is 19.2 Å². The summed E-state index contributed by atoms with van der Waals surface area (Å²) in [5.74, 6) is 0.461. The van der Waals surface area contributed by atoms with E-state index in [1.54, 1.807) is 0 Å². The first-order chi connectivity index (χ1) is 6.61. The van der Waals surface area contributed by atoms with Crippen LogP contribution >= 0.6 is 11.6 Å². The van der Waals surface area contributed by atoms with Crippen LogP contribution in [0.3, 0.4) is 0 Å². The minimum Gasteiger partial charge on any atom is -0.496 e. The van der Waals surface area contributed by atoms with Gasteiger partial charge in [-0.15, -0.1) is 0 Å². The van der Waals surface area contributed by atoms with Gasteiger partial charge in [0.05, 0.1) is 12.0 Å². The second kappa shape index (κ2) is 4.26. The largest absolute Gasteiger partial charge is 0.496 e. The van der Waals surface area contributed by atoms with Crippen LogP contribution in [0, 0.1) is 10.1 Å². The first kappa shape index (κ1) is 10.7. The van der Waals surface area contributed by atoms with Gasteiger partial charge < -0.3 is 10.5 Å². The molecule has 0 unspecified atom stereocenters. The number of rotatable bonds is 3. The fourth-order valence-electron chi connectivity index (χ4n) is 1.11. The Morgan fingerprint density at radius 3 is 2.71 bits per heavy atom. The molecule has 0 aliphatic heterocycles. The van der Waals surface area contributed by atoms with Crippen molar-refractivity contribution in [3.63, 3.8) is 0 Å². The number of ether oxygens (including phenoxy) is 1.